The second-order valence-electron chi connectivity index (χ2n) is 5.27. The summed E-state index contributed by atoms with van der Waals surface area (Å²) in [4.78, 5) is 7.15. The van der Waals surface area contributed by atoms with Crippen molar-refractivity contribution in [1.29, 1.82) is 0 Å². The molecule has 2 heterocycles. The topological polar surface area (TPSA) is 28.2 Å². The first-order valence-corrected chi connectivity index (χ1v) is 7.61. The normalized spacial score (nSPS) is 26.6. The zero-order valence-electron chi connectivity index (χ0n) is 10.4. The summed E-state index contributed by atoms with van der Waals surface area (Å²) >= 11 is 1.79. The fourth-order valence-electron chi connectivity index (χ4n) is 2.78. The summed E-state index contributed by atoms with van der Waals surface area (Å²) in [6.07, 6.45) is 7.36. The summed E-state index contributed by atoms with van der Waals surface area (Å²) in [5.41, 5.74) is 0. The Morgan fingerprint density at radius 2 is 2.41 bits per heavy atom. The lowest BCUT2D eigenvalue weighted by molar-refractivity contribution is 0.182. The SMILES string of the molecule is CC(c1nccs1)N(CC1CCCN1)C1CC1. The van der Waals surface area contributed by atoms with E-state index in [-0.39, 0.29) is 0 Å². The predicted octanol–water partition coefficient (Wildman–Crippen LogP) is 2.42. The highest BCUT2D eigenvalue weighted by atomic mass is 32.1. The lowest BCUT2D eigenvalue weighted by atomic mass is 10.2. The maximum Gasteiger partial charge on any atom is 0.109 e. The molecule has 0 aromatic carbocycles. The Morgan fingerprint density at radius 1 is 1.53 bits per heavy atom. The van der Waals surface area contributed by atoms with E-state index in [1.807, 2.05) is 6.20 Å². The van der Waals surface area contributed by atoms with Gasteiger partial charge in [0.15, 0.2) is 0 Å². The van der Waals surface area contributed by atoms with Crippen LogP contribution in [0.25, 0.3) is 0 Å². The minimum absolute atomic E-state index is 0.491. The molecule has 1 aromatic heterocycles. The Hall–Kier alpha value is -0.450. The smallest absolute Gasteiger partial charge is 0.109 e. The molecule has 2 aliphatic rings. The largest absolute Gasteiger partial charge is 0.313 e. The van der Waals surface area contributed by atoms with E-state index in [0.717, 1.165) is 6.04 Å². The van der Waals surface area contributed by atoms with Gasteiger partial charge in [-0.25, -0.2) is 4.98 Å². The van der Waals surface area contributed by atoms with Crippen LogP contribution < -0.4 is 5.32 Å². The number of nitrogens with one attached hydrogen (secondary N) is 1. The van der Waals surface area contributed by atoms with Crippen LogP contribution in [0.2, 0.25) is 0 Å². The van der Waals surface area contributed by atoms with Crippen LogP contribution in [0.3, 0.4) is 0 Å². The molecule has 3 rings (SSSR count). The van der Waals surface area contributed by atoms with E-state index in [0.29, 0.717) is 12.1 Å². The number of thiazole rings is 1. The molecule has 1 N–H and O–H groups in total. The van der Waals surface area contributed by atoms with Crippen LogP contribution in [0.15, 0.2) is 11.6 Å². The maximum absolute atomic E-state index is 4.48. The highest BCUT2D eigenvalue weighted by Crippen LogP contribution is 2.35. The molecule has 2 fully saturated rings. The van der Waals surface area contributed by atoms with Gasteiger partial charge in [0.2, 0.25) is 0 Å². The predicted molar refractivity (Wildman–Crippen MR) is 71.3 cm³/mol. The van der Waals surface area contributed by atoms with Crippen molar-refractivity contribution in [2.24, 2.45) is 0 Å². The van der Waals surface area contributed by atoms with Gasteiger partial charge in [-0.1, -0.05) is 0 Å². The van der Waals surface area contributed by atoms with Gasteiger partial charge in [0.1, 0.15) is 5.01 Å². The molecule has 1 saturated heterocycles. The molecule has 0 bridgehead atoms. The van der Waals surface area contributed by atoms with Crippen molar-refractivity contribution in [1.82, 2.24) is 15.2 Å². The standard InChI is InChI=1S/C13H21N3S/c1-10(13-15-7-8-17-13)16(12-4-5-12)9-11-3-2-6-14-11/h7-8,10-12,14H,2-6,9H2,1H3. The van der Waals surface area contributed by atoms with Crippen molar-refractivity contribution in [2.75, 3.05) is 13.1 Å². The molecule has 1 aliphatic heterocycles. The van der Waals surface area contributed by atoms with Crippen molar-refractivity contribution in [3.05, 3.63) is 16.6 Å². The number of rotatable bonds is 5. The zero-order valence-corrected chi connectivity index (χ0v) is 11.2. The maximum atomic E-state index is 4.48. The summed E-state index contributed by atoms with van der Waals surface area (Å²) in [5, 5.41) is 6.97. The molecule has 2 atom stereocenters. The van der Waals surface area contributed by atoms with E-state index in [1.165, 1.54) is 43.8 Å². The molecule has 3 nitrogen and oxygen atoms in total. The van der Waals surface area contributed by atoms with E-state index in [1.54, 1.807) is 11.3 Å². The molecule has 1 aliphatic carbocycles. The first-order valence-electron chi connectivity index (χ1n) is 6.73. The van der Waals surface area contributed by atoms with Gasteiger partial charge in [0, 0.05) is 30.2 Å². The average Bonchev–Trinajstić information content (AvgIpc) is 2.86. The van der Waals surface area contributed by atoms with Gasteiger partial charge in [-0.2, -0.15) is 0 Å². The number of hydrogen-bond donors (Lipinski definition) is 1. The first-order chi connectivity index (χ1) is 8.34. The van der Waals surface area contributed by atoms with Crippen LogP contribution in [0.1, 0.15) is 43.7 Å². The van der Waals surface area contributed by atoms with E-state index < -0.39 is 0 Å². The summed E-state index contributed by atoms with van der Waals surface area (Å²) in [5.74, 6) is 0. The summed E-state index contributed by atoms with van der Waals surface area (Å²) in [7, 11) is 0. The third-order valence-electron chi connectivity index (χ3n) is 3.92. The van der Waals surface area contributed by atoms with Gasteiger partial charge in [0.05, 0.1) is 6.04 Å². The summed E-state index contributed by atoms with van der Waals surface area (Å²) in [6.45, 7) is 4.71. The number of nitrogens with zero attached hydrogens (tertiary/aromatic N) is 2. The fourth-order valence-corrected chi connectivity index (χ4v) is 3.49. The summed E-state index contributed by atoms with van der Waals surface area (Å²) in [6, 6.07) is 2.01. The molecule has 17 heavy (non-hydrogen) atoms. The van der Waals surface area contributed by atoms with Crippen molar-refractivity contribution < 1.29 is 0 Å². The van der Waals surface area contributed by atoms with Crippen LogP contribution in [0.4, 0.5) is 0 Å². The second kappa shape index (κ2) is 5.04. The Morgan fingerprint density at radius 3 is 3.00 bits per heavy atom. The van der Waals surface area contributed by atoms with E-state index in [9.17, 15) is 0 Å². The van der Waals surface area contributed by atoms with Crippen LogP contribution in [-0.4, -0.2) is 35.1 Å². The van der Waals surface area contributed by atoms with E-state index >= 15 is 0 Å². The first kappa shape index (κ1) is 11.6. The highest BCUT2D eigenvalue weighted by Gasteiger charge is 2.35. The minimum Gasteiger partial charge on any atom is -0.313 e. The Kier molecular flexibility index (Phi) is 3.45. The van der Waals surface area contributed by atoms with Crippen molar-refractivity contribution in [3.8, 4) is 0 Å². The van der Waals surface area contributed by atoms with E-state index in [4.69, 9.17) is 0 Å². The Bertz CT molecular complexity index is 342. The van der Waals surface area contributed by atoms with Crippen LogP contribution in [0.5, 0.6) is 0 Å². The van der Waals surface area contributed by atoms with Gasteiger partial charge in [0.25, 0.3) is 0 Å². The third kappa shape index (κ3) is 2.69. The van der Waals surface area contributed by atoms with Crippen LogP contribution in [0, 0.1) is 0 Å². The molecular formula is C13H21N3S. The molecule has 4 heteroatoms. The molecule has 0 amide bonds. The van der Waals surface area contributed by atoms with Crippen molar-refractivity contribution in [3.63, 3.8) is 0 Å². The lowest BCUT2D eigenvalue weighted by Crippen LogP contribution is -2.40. The monoisotopic (exact) mass is 251 g/mol. The van der Waals surface area contributed by atoms with Gasteiger partial charge >= 0.3 is 0 Å². The third-order valence-corrected chi connectivity index (χ3v) is 4.86. The van der Waals surface area contributed by atoms with Crippen molar-refractivity contribution in [2.45, 2.75) is 50.7 Å². The van der Waals surface area contributed by atoms with Crippen LogP contribution in [-0.2, 0) is 0 Å². The fraction of sp³-hybridized carbons (Fsp3) is 0.769. The quantitative estimate of drug-likeness (QED) is 0.871. The highest BCUT2D eigenvalue weighted by molar-refractivity contribution is 7.09. The van der Waals surface area contributed by atoms with Gasteiger partial charge in [-0.15, -0.1) is 11.3 Å². The number of aromatic nitrogens is 1. The molecule has 0 spiro atoms. The lowest BCUT2D eigenvalue weighted by Gasteiger charge is -2.30. The zero-order chi connectivity index (χ0) is 11.7. The minimum atomic E-state index is 0.491. The van der Waals surface area contributed by atoms with Gasteiger partial charge in [-0.3, -0.25) is 4.90 Å². The molecule has 1 aromatic rings. The van der Waals surface area contributed by atoms with E-state index in [2.05, 4.69) is 27.5 Å². The average molecular weight is 251 g/mol. The molecule has 1 saturated carbocycles. The molecule has 0 radical (unpaired) electrons. The Balaban J connectivity index is 1.66. The van der Waals surface area contributed by atoms with Crippen LogP contribution >= 0.6 is 11.3 Å². The van der Waals surface area contributed by atoms with Crippen molar-refractivity contribution >= 4 is 11.3 Å². The van der Waals surface area contributed by atoms with Gasteiger partial charge in [-0.05, 0) is 39.2 Å². The molecular weight excluding hydrogens is 230 g/mol. The van der Waals surface area contributed by atoms with Gasteiger partial charge < -0.3 is 5.32 Å². The molecule has 2 unspecified atom stereocenters. The number of hydrogen-bond acceptors (Lipinski definition) is 4. The Labute approximate surface area is 107 Å². The second-order valence-corrected chi connectivity index (χ2v) is 6.19. The summed E-state index contributed by atoms with van der Waals surface area (Å²) < 4.78 is 0. The molecule has 94 valence electrons.